The van der Waals surface area contributed by atoms with E-state index in [-0.39, 0.29) is 11.9 Å². The molecule has 98 valence electrons. The van der Waals surface area contributed by atoms with Crippen molar-refractivity contribution in [3.05, 3.63) is 33.3 Å². The van der Waals surface area contributed by atoms with E-state index in [0.29, 0.717) is 16.7 Å². The lowest BCUT2D eigenvalue weighted by molar-refractivity contribution is -0.00862. The SMILES string of the molecule is CCOC1CC(NC(=O)c2ccc(Br)c(Cl)c2)C1. The fourth-order valence-corrected chi connectivity index (χ4v) is 2.39. The molecule has 1 aromatic rings. The van der Waals surface area contributed by atoms with E-state index in [4.69, 9.17) is 16.3 Å². The monoisotopic (exact) mass is 331 g/mol. The zero-order valence-electron chi connectivity index (χ0n) is 10.1. The topological polar surface area (TPSA) is 38.3 Å². The highest BCUT2D eigenvalue weighted by molar-refractivity contribution is 9.10. The molecule has 2 rings (SSSR count). The minimum Gasteiger partial charge on any atom is -0.378 e. The second-order valence-corrected chi connectivity index (χ2v) is 5.61. The minimum atomic E-state index is -0.0793. The third-order valence-electron chi connectivity index (χ3n) is 3.01. The molecular formula is C13H15BrClNO2. The predicted octanol–water partition coefficient (Wildman–Crippen LogP) is 3.40. The van der Waals surface area contributed by atoms with Crippen LogP contribution in [0.2, 0.25) is 5.02 Å². The van der Waals surface area contributed by atoms with Crippen LogP contribution in [0.4, 0.5) is 0 Å². The Kier molecular flexibility index (Phi) is 4.65. The molecule has 0 aromatic heterocycles. The molecule has 18 heavy (non-hydrogen) atoms. The van der Waals surface area contributed by atoms with E-state index in [9.17, 15) is 4.79 Å². The van der Waals surface area contributed by atoms with Gasteiger partial charge in [0.2, 0.25) is 0 Å². The highest BCUT2D eigenvalue weighted by atomic mass is 79.9. The fourth-order valence-electron chi connectivity index (χ4n) is 1.96. The van der Waals surface area contributed by atoms with Crippen molar-refractivity contribution < 1.29 is 9.53 Å². The van der Waals surface area contributed by atoms with Gasteiger partial charge in [-0.15, -0.1) is 0 Å². The van der Waals surface area contributed by atoms with Crippen molar-refractivity contribution in [3.8, 4) is 0 Å². The highest BCUT2D eigenvalue weighted by Gasteiger charge is 2.30. The molecule has 0 atom stereocenters. The largest absolute Gasteiger partial charge is 0.378 e. The summed E-state index contributed by atoms with van der Waals surface area (Å²) >= 11 is 9.26. The van der Waals surface area contributed by atoms with Gasteiger partial charge in [0.05, 0.1) is 11.1 Å². The van der Waals surface area contributed by atoms with E-state index in [1.807, 2.05) is 6.92 Å². The number of carbonyl (C=O) groups excluding carboxylic acids is 1. The van der Waals surface area contributed by atoms with Crippen molar-refractivity contribution in [1.29, 1.82) is 0 Å². The molecule has 0 saturated heterocycles. The van der Waals surface area contributed by atoms with Crippen LogP contribution in [-0.2, 0) is 4.74 Å². The summed E-state index contributed by atoms with van der Waals surface area (Å²) in [6, 6.07) is 5.42. The third kappa shape index (κ3) is 3.25. The van der Waals surface area contributed by atoms with Gasteiger partial charge in [0.15, 0.2) is 0 Å². The quantitative estimate of drug-likeness (QED) is 0.917. The lowest BCUT2D eigenvalue weighted by Gasteiger charge is -2.35. The molecule has 0 spiro atoms. The first kappa shape index (κ1) is 13.8. The Morgan fingerprint density at radius 2 is 2.28 bits per heavy atom. The number of hydrogen-bond donors (Lipinski definition) is 1. The summed E-state index contributed by atoms with van der Waals surface area (Å²) < 4.78 is 6.24. The van der Waals surface area contributed by atoms with Crippen LogP contribution >= 0.6 is 27.5 Å². The average Bonchev–Trinajstić information content (AvgIpc) is 2.30. The van der Waals surface area contributed by atoms with E-state index >= 15 is 0 Å². The number of carbonyl (C=O) groups is 1. The smallest absolute Gasteiger partial charge is 0.251 e. The summed E-state index contributed by atoms with van der Waals surface area (Å²) in [4.78, 5) is 12.0. The van der Waals surface area contributed by atoms with Crippen molar-refractivity contribution in [2.45, 2.75) is 31.9 Å². The van der Waals surface area contributed by atoms with E-state index < -0.39 is 0 Å². The first-order chi connectivity index (χ1) is 8.60. The van der Waals surface area contributed by atoms with Crippen LogP contribution in [0, 0.1) is 0 Å². The Morgan fingerprint density at radius 1 is 1.56 bits per heavy atom. The Labute approximate surface area is 120 Å². The maximum atomic E-state index is 12.0. The standard InChI is InChI=1S/C13H15BrClNO2/c1-2-18-10-6-9(7-10)16-13(17)8-3-4-11(14)12(15)5-8/h3-5,9-10H,2,6-7H2,1H3,(H,16,17). The lowest BCUT2D eigenvalue weighted by Crippen LogP contribution is -2.47. The maximum Gasteiger partial charge on any atom is 0.251 e. The summed E-state index contributed by atoms with van der Waals surface area (Å²) in [5, 5.41) is 3.52. The summed E-state index contributed by atoms with van der Waals surface area (Å²) in [6.07, 6.45) is 2.09. The normalized spacial score (nSPS) is 22.4. The second-order valence-electron chi connectivity index (χ2n) is 4.35. The summed E-state index contributed by atoms with van der Waals surface area (Å²) in [7, 11) is 0. The number of hydrogen-bond acceptors (Lipinski definition) is 2. The zero-order valence-corrected chi connectivity index (χ0v) is 12.4. The average molecular weight is 333 g/mol. The lowest BCUT2D eigenvalue weighted by atomic mass is 9.89. The molecular weight excluding hydrogens is 318 g/mol. The molecule has 0 radical (unpaired) electrons. The highest BCUT2D eigenvalue weighted by Crippen LogP contribution is 2.25. The molecule has 5 heteroatoms. The van der Waals surface area contributed by atoms with Gasteiger partial charge in [0, 0.05) is 22.7 Å². The fraction of sp³-hybridized carbons (Fsp3) is 0.462. The second kappa shape index (κ2) is 6.04. The Bertz CT molecular complexity index is 447. The van der Waals surface area contributed by atoms with Crippen LogP contribution in [0.1, 0.15) is 30.1 Å². The van der Waals surface area contributed by atoms with Gasteiger partial charge in [-0.05, 0) is 53.9 Å². The van der Waals surface area contributed by atoms with Crippen LogP contribution < -0.4 is 5.32 Å². The Morgan fingerprint density at radius 3 is 2.89 bits per heavy atom. The molecule has 1 fully saturated rings. The van der Waals surface area contributed by atoms with Crippen molar-refractivity contribution >= 4 is 33.4 Å². The van der Waals surface area contributed by atoms with Crippen LogP contribution in [0.5, 0.6) is 0 Å². The zero-order chi connectivity index (χ0) is 13.1. The first-order valence-corrected chi connectivity index (χ1v) is 7.14. The van der Waals surface area contributed by atoms with Crippen molar-refractivity contribution in [2.75, 3.05) is 6.61 Å². The molecule has 1 amide bonds. The van der Waals surface area contributed by atoms with Gasteiger partial charge >= 0.3 is 0 Å². The van der Waals surface area contributed by atoms with E-state index in [1.165, 1.54) is 0 Å². The molecule has 0 heterocycles. The van der Waals surface area contributed by atoms with E-state index in [0.717, 1.165) is 23.9 Å². The molecule has 1 aliphatic rings. The number of benzene rings is 1. The molecule has 1 aromatic carbocycles. The van der Waals surface area contributed by atoms with E-state index in [1.54, 1.807) is 18.2 Å². The number of halogens is 2. The third-order valence-corrected chi connectivity index (χ3v) is 4.25. The van der Waals surface area contributed by atoms with Crippen LogP contribution in [0.25, 0.3) is 0 Å². The maximum absolute atomic E-state index is 12.0. The van der Waals surface area contributed by atoms with Gasteiger partial charge in [0.1, 0.15) is 0 Å². The number of amides is 1. The Hall–Kier alpha value is -0.580. The van der Waals surface area contributed by atoms with Gasteiger partial charge < -0.3 is 10.1 Å². The number of ether oxygens (including phenoxy) is 1. The van der Waals surface area contributed by atoms with Crippen molar-refractivity contribution in [2.24, 2.45) is 0 Å². The van der Waals surface area contributed by atoms with Crippen molar-refractivity contribution in [1.82, 2.24) is 5.32 Å². The van der Waals surface area contributed by atoms with Gasteiger partial charge in [-0.3, -0.25) is 4.79 Å². The van der Waals surface area contributed by atoms with Gasteiger partial charge in [0.25, 0.3) is 5.91 Å². The molecule has 0 bridgehead atoms. The number of nitrogens with one attached hydrogen (secondary N) is 1. The molecule has 1 N–H and O–H groups in total. The van der Waals surface area contributed by atoms with Gasteiger partial charge in [-0.2, -0.15) is 0 Å². The van der Waals surface area contributed by atoms with Crippen LogP contribution in [-0.4, -0.2) is 24.7 Å². The molecule has 0 unspecified atom stereocenters. The van der Waals surface area contributed by atoms with Gasteiger partial charge in [-0.1, -0.05) is 11.6 Å². The predicted molar refractivity (Wildman–Crippen MR) is 75.1 cm³/mol. The first-order valence-electron chi connectivity index (χ1n) is 5.97. The minimum absolute atomic E-state index is 0.0793. The molecule has 1 saturated carbocycles. The summed E-state index contributed by atoms with van der Waals surface area (Å²) in [6.45, 7) is 2.71. The number of rotatable bonds is 4. The molecule has 0 aliphatic heterocycles. The van der Waals surface area contributed by atoms with E-state index in [2.05, 4.69) is 21.2 Å². The molecule has 3 nitrogen and oxygen atoms in total. The summed E-state index contributed by atoms with van der Waals surface area (Å²) in [5.74, 6) is -0.0793. The van der Waals surface area contributed by atoms with Crippen LogP contribution in [0.3, 0.4) is 0 Å². The van der Waals surface area contributed by atoms with Gasteiger partial charge in [-0.25, -0.2) is 0 Å². The van der Waals surface area contributed by atoms with Crippen LogP contribution in [0.15, 0.2) is 22.7 Å². The van der Waals surface area contributed by atoms with Crippen molar-refractivity contribution in [3.63, 3.8) is 0 Å². The summed E-state index contributed by atoms with van der Waals surface area (Å²) in [5.41, 5.74) is 0.586. The molecule has 1 aliphatic carbocycles. The Balaban J connectivity index is 1.87.